The average molecular weight is 376 g/mol. The number of aldehydes is 1. The molecule has 0 spiro atoms. The molecular formula is C12H8Br2O2S. The van der Waals surface area contributed by atoms with E-state index in [1.807, 2.05) is 17.5 Å². The summed E-state index contributed by atoms with van der Waals surface area (Å²) in [7, 11) is 0. The van der Waals surface area contributed by atoms with Crippen molar-refractivity contribution >= 4 is 49.5 Å². The summed E-state index contributed by atoms with van der Waals surface area (Å²) in [5.74, 6) is 0.600. The maximum absolute atomic E-state index is 10.9. The van der Waals surface area contributed by atoms with Crippen molar-refractivity contribution in [2.24, 2.45) is 0 Å². The summed E-state index contributed by atoms with van der Waals surface area (Å²) in [6.45, 7) is 0.459. The predicted octanol–water partition coefficient (Wildman–Crippen LogP) is 4.66. The van der Waals surface area contributed by atoms with Crippen molar-refractivity contribution in [3.63, 3.8) is 0 Å². The van der Waals surface area contributed by atoms with Crippen molar-refractivity contribution < 1.29 is 9.53 Å². The van der Waals surface area contributed by atoms with Crippen LogP contribution in [0.1, 0.15) is 15.2 Å². The van der Waals surface area contributed by atoms with Gasteiger partial charge in [-0.15, -0.1) is 11.3 Å². The van der Waals surface area contributed by atoms with Gasteiger partial charge in [0.25, 0.3) is 0 Å². The van der Waals surface area contributed by atoms with Gasteiger partial charge in [0.2, 0.25) is 0 Å². The third kappa shape index (κ3) is 3.18. The minimum Gasteiger partial charge on any atom is -0.487 e. The molecule has 0 radical (unpaired) electrons. The molecule has 0 aliphatic rings. The van der Waals surface area contributed by atoms with Gasteiger partial charge in [-0.3, -0.25) is 4.79 Å². The van der Waals surface area contributed by atoms with Crippen molar-refractivity contribution in [3.05, 3.63) is 49.0 Å². The molecule has 0 N–H and O–H groups in total. The molecule has 1 aromatic carbocycles. The summed E-state index contributed by atoms with van der Waals surface area (Å²) in [6.07, 6.45) is 0.795. The first-order valence-corrected chi connectivity index (χ1v) is 7.26. The molecule has 1 aromatic heterocycles. The second-order valence-corrected chi connectivity index (χ2v) is 6.05. The highest BCUT2D eigenvalue weighted by atomic mass is 79.9. The van der Waals surface area contributed by atoms with Gasteiger partial charge in [-0.1, -0.05) is 15.9 Å². The summed E-state index contributed by atoms with van der Waals surface area (Å²) in [5, 5.41) is 1.99. The standard InChI is InChI=1S/C12H8Br2O2S/c13-9-1-2-11(8(5-9)6-15)16-7-12-10(14)3-4-17-12/h1-6H,7H2. The normalized spacial score (nSPS) is 10.2. The van der Waals surface area contributed by atoms with E-state index in [0.717, 1.165) is 20.1 Å². The molecule has 2 nitrogen and oxygen atoms in total. The number of halogens is 2. The second-order valence-electron chi connectivity index (χ2n) is 3.28. The van der Waals surface area contributed by atoms with Crippen molar-refractivity contribution in [2.75, 3.05) is 0 Å². The van der Waals surface area contributed by atoms with E-state index in [2.05, 4.69) is 31.9 Å². The lowest BCUT2D eigenvalue weighted by Crippen LogP contribution is -1.97. The average Bonchev–Trinajstić information content (AvgIpc) is 2.73. The van der Waals surface area contributed by atoms with Crippen LogP contribution in [0.25, 0.3) is 0 Å². The minimum absolute atomic E-state index is 0.459. The number of hydrogen-bond acceptors (Lipinski definition) is 3. The molecule has 88 valence electrons. The molecule has 0 saturated heterocycles. The molecule has 0 saturated carbocycles. The van der Waals surface area contributed by atoms with Crippen molar-refractivity contribution in [1.29, 1.82) is 0 Å². The van der Waals surface area contributed by atoms with Gasteiger partial charge in [0, 0.05) is 8.95 Å². The molecule has 0 aliphatic heterocycles. The van der Waals surface area contributed by atoms with Gasteiger partial charge in [-0.2, -0.15) is 0 Å². The van der Waals surface area contributed by atoms with Crippen LogP contribution in [0.4, 0.5) is 0 Å². The zero-order chi connectivity index (χ0) is 12.3. The van der Waals surface area contributed by atoms with Gasteiger partial charge in [0.15, 0.2) is 6.29 Å². The van der Waals surface area contributed by atoms with Gasteiger partial charge in [-0.25, -0.2) is 0 Å². The summed E-state index contributed by atoms with van der Waals surface area (Å²) in [5.41, 5.74) is 0.548. The van der Waals surface area contributed by atoms with Crippen molar-refractivity contribution in [2.45, 2.75) is 6.61 Å². The molecule has 0 fully saturated rings. The van der Waals surface area contributed by atoms with Crippen LogP contribution in [0.5, 0.6) is 5.75 Å². The first-order chi connectivity index (χ1) is 8.20. The van der Waals surface area contributed by atoms with Crippen LogP contribution in [0.3, 0.4) is 0 Å². The predicted molar refractivity (Wildman–Crippen MR) is 75.9 cm³/mol. The Kier molecular flexibility index (Phi) is 4.36. The summed E-state index contributed by atoms with van der Waals surface area (Å²) < 4.78 is 7.54. The van der Waals surface area contributed by atoms with Crippen LogP contribution in [-0.2, 0) is 6.61 Å². The van der Waals surface area contributed by atoms with Crippen molar-refractivity contribution in [3.8, 4) is 5.75 Å². The Morgan fingerprint density at radius 1 is 1.29 bits per heavy atom. The second kappa shape index (κ2) is 5.80. The van der Waals surface area contributed by atoms with E-state index in [9.17, 15) is 4.79 Å². The maximum atomic E-state index is 10.9. The van der Waals surface area contributed by atoms with Gasteiger partial charge in [-0.05, 0) is 45.6 Å². The summed E-state index contributed by atoms with van der Waals surface area (Å²) in [6, 6.07) is 7.36. The minimum atomic E-state index is 0.459. The molecule has 17 heavy (non-hydrogen) atoms. The van der Waals surface area contributed by atoms with Crippen LogP contribution >= 0.6 is 43.2 Å². The molecule has 2 aromatic rings. The number of thiophene rings is 1. The van der Waals surface area contributed by atoms with Crippen LogP contribution in [0.2, 0.25) is 0 Å². The third-order valence-electron chi connectivity index (χ3n) is 2.15. The van der Waals surface area contributed by atoms with E-state index < -0.39 is 0 Å². The van der Waals surface area contributed by atoms with Gasteiger partial charge in [0.1, 0.15) is 12.4 Å². The van der Waals surface area contributed by atoms with E-state index in [1.165, 1.54) is 0 Å². The number of ether oxygens (including phenoxy) is 1. The highest BCUT2D eigenvalue weighted by molar-refractivity contribution is 9.10. The lowest BCUT2D eigenvalue weighted by atomic mass is 10.2. The third-order valence-corrected chi connectivity index (χ3v) is 4.54. The number of carbonyl (C=O) groups excluding carboxylic acids is 1. The zero-order valence-corrected chi connectivity index (χ0v) is 12.6. The highest BCUT2D eigenvalue weighted by Gasteiger charge is 2.06. The Hall–Kier alpha value is -0.650. The van der Waals surface area contributed by atoms with E-state index in [0.29, 0.717) is 17.9 Å². The Morgan fingerprint density at radius 2 is 2.12 bits per heavy atom. The molecule has 0 amide bonds. The van der Waals surface area contributed by atoms with Gasteiger partial charge < -0.3 is 4.74 Å². The largest absolute Gasteiger partial charge is 0.487 e. The Labute approximate surface area is 120 Å². The molecular weight excluding hydrogens is 368 g/mol. The zero-order valence-electron chi connectivity index (χ0n) is 8.65. The Balaban J connectivity index is 2.14. The SMILES string of the molecule is O=Cc1cc(Br)ccc1OCc1sccc1Br. The van der Waals surface area contributed by atoms with E-state index >= 15 is 0 Å². The quantitative estimate of drug-likeness (QED) is 0.726. The molecule has 0 unspecified atom stereocenters. The fourth-order valence-corrected chi connectivity index (χ4v) is 3.07. The maximum Gasteiger partial charge on any atom is 0.153 e. The van der Waals surface area contributed by atoms with Crippen LogP contribution in [0.15, 0.2) is 38.6 Å². The number of carbonyl (C=O) groups is 1. The molecule has 0 atom stereocenters. The smallest absolute Gasteiger partial charge is 0.153 e. The van der Waals surface area contributed by atoms with Crippen molar-refractivity contribution in [1.82, 2.24) is 0 Å². The fraction of sp³-hybridized carbons (Fsp3) is 0.0833. The van der Waals surface area contributed by atoms with Crippen LogP contribution in [0, 0.1) is 0 Å². The van der Waals surface area contributed by atoms with E-state index in [1.54, 1.807) is 23.5 Å². The van der Waals surface area contributed by atoms with Gasteiger partial charge >= 0.3 is 0 Å². The van der Waals surface area contributed by atoms with Crippen LogP contribution in [-0.4, -0.2) is 6.29 Å². The lowest BCUT2D eigenvalue weighted by Gasteiger charge is -2.07. The lowest BCUT2D eigenvalue weighted by molar-refractivity contribution is 0.111. The summed E-state index contributed by atoms with van der Waals surface area (Å²) >= 11 is 8.37. The monoisotopic (exact) mass is 374 g/mol. The highest BCUT2D eigenvalue weighted by Crippen LogP contribution is 2.26. The molecule has 2 rings (SSSR count). The molecule has 0 bridgehead atoms. The number of hydrogen-bond donors (Lipinski definition) is 0. The number of rotatable bonds is 4. The van der Waals surface area contributed by atoms with E-state index in [-0.39, 0.29) is 0 Å². The Bertz CT molecular complexity index is 537. The molecule has 1 heterocycles. The Morgan fingerprint density at radius 3 is 2.76 bits per heavy atom. The van der Waals surface area contributed by atoms with Crippen LogP contribution < -0.4 is 4.74 Å². The van der Waals surface area contributed by atoms with E-state index in [4.69, 9.17) is 4.74 Å². The van der Waals surface area contributed by atoms with Gasteiger partial charge in [0.05, 0.1) is 10.4 Å². The first-order valence-electron chi connectivity index (χ1n) is 4.80. The molecule has 5 heteroatoms. The number of benzene rings is 1. The summed E-state index contributed by atoms with van der Waals surface area (Å²) in [4.78, 5) is 12.0. The fourth-order valence-electron chi connectivity index (χ4n) is 1.31. The first kappa shape index (κ1) is 12.8. The molecule has 0 aliphatic carbocycles. The topological polar surface area (TPSA) is 26.3 Å².